The van der Waals surface area contributed by atoms with E-state index in [1.807, 2.05) is 24.3 Å². The van der Waals surface area contributed by atoms with Crippen LogP contribution in [0.4, 0.5) is 0 Å². The van der Waals surface area contributed by atoms with Crippen LogP contribution in [0.3, 0.4) is 0 Å². The molecule has 0 radical (unpaired) electrons. The summed E-state index contributed by atoms with van der Waals surface area (Å²) in [7, 11) is 0. The van der Waals surface area contributed by atoms with E-state index in [4.69, 9.17) is 14.7 Å². The summed E-state index contributed by atoms with van der Waals surface area (Å²) >= 11 is 0. The summed E-state index contributed by atoms with van der Waals surface area (Å²) in [6.07, 6.45) is 2.53. The van der Waals surface area contributed by atoms with Crippen LogP contribution in [-0.4, -0.2) is 18.4 Å². The van der Waals surface area contributed by atoms with Gasteiger partial charge in [-0.3, -0.25) is 0 Å². The number of nitrogens with zero attached hydrogens (tertiary/aromatic N) is 2. The van der Waals surface area contributed by atoms with E-state index in [0.29, 0.717) is 18.6 Å². The molecule has 5 heteroatoms. The molecule has 1 aromatic carbocycles. The second-order valence-corrected chi connectivity index (χ2v) is 4.28. The first-order chi connectivity index (χ1) is 8.67. The van der Waals surface area contributed by atoms with Gasteiger partial charge in [0.15, 0.2) is 17.0 Å². The van der Waals surface area contributed by atoms with E-state index in [1.54, 1.807) is 6.92 Å². The fourth-order valence-corrected chi connectivity index (χ4v) is 1.72. The Morgan fingerprint density at radius 1 is 1.44 bits per heavy atom. The fourth-order valence-electron chi connectivity index (χ4n) is 1.72. The number of ether oxygens (including phenoxy) is 2. The van der Waals surface area contributed by atoms with Gasteiger partial charge in [0.25, 0.3) is 0 Å². The molecule has 0 aromatic heterocycles. The molecule has 0 N–H and O–H groups in total. The fraction of sp³-hybridized carbons (Fsp3) is 0.385. The lowest BCUT2D eigenvalue weighted by Crippen LogP contribution is -2.19. The summed E-state index contributed by atoms with van der Waals surface area (Å²) < 4.78 is 10.5. The number of aliphatic imine (C=N–C) groups is 1. The summed E-state index contributed by atoms with van der Waals surface area (Å²) in [5.41, 5.74) is -0.000175. The number of isocyanates is 1. The van der Waals surface area contributed by atoms with Crippen LogP contribution in [-0.2, 0) is 11.2 Å². The minimum absolute atomic E-state index is 0.240. The predicted octanol–water partition coefficient (Wildman–Crippen LogP) is 1.97. The van der Waals surface area contributed by atoms with Gasteiger partial charge in [-0.05, 0) is 37.5 Å². The van der Waals surface area contributed by atoms with E-state index >= 15 is 0 Å². The quantitative estimate of drug-likeness (QED) is 0.599. The third-order valence-electron chi connectivity index (χ3n) is 2.87. The molecule has 1 heterocycles. The van der Waals surface area contributed by atoms with Crippen LogP contribution in [0.1, 0.15) is 18.9 Å². The van der Waals surface area contributed by atoms with Crippen molar-refractivity contribution >= 4 is 6.08 Å². The van der Waals surface area contributed by atoms with Crippen molar-refractivity contribution < 1.29 is 14.3 Å². The average molecular weight is 244 g/mol. The number of nitriles is 1. The van der Waals surface area contributed by atoms with Crippen molar-refractivity contribution in [1.29, 1.82) is 5.26 Å². The van der Waals surface area contributed by atoms with Crippen LogP contribution < -0.4 is 9.47 Å². The zero-order valence-electron chi connectivity index (χ0n) is 9.97. The first-order valence-electron chi connectivity index (χ1n) is 5.56. The van der Waals surface area contributed by atoms with Crippen LogP contribution in [0.15, 0.2) is 23.2 Å². The van der Waals surface area contributed by atoms with E-state index in [-0.39, 0.29) is 6.79 Å². The molecule has 1 aliphatic heterocycles. The highest BCUT2D eigenvalue weighted by Gasteiger charge is 2.23. The van der Waals surface area contributed by atoms with E-state index in [0.717, 1.165) is 11.3 Å². The minimum atomic E-state index is -1.02. The number of carbonyl (C=O) groups excluding carboxylic acids is 1. The molecule has 0 spiro atoms. The Morgan fingerprint density at radius 2 is 2.22 bits per heavy atom. The van der Waals surface area contributed by atoms with E-state index in [9.17, 15) is 4.79 Å². The van der Waals surface area contributed by atoms with Crippen molar-refractivity contribution in [2.75, 3.05) is 6.79 Å². The van der Waals surface area contributed by atoms with Gasteiger partial charge < -0.3 is 9.47 Å². The number of hydrogen-bond donors (Lipinski definition) is 0. The lowest BCUT2D eigenvalue weighted by atomic mass is 9.95. The van der Waals surface area contributed by atoms with Gasteiger partial charge in [0.05, 0.1) is 6.07 Å². The second kappa shape index (κ2) is 4.91. The van der Waals surface area contributed by atoms with Crippen molar-refractivity contribution in [2.45, 2.75) is 25.3 Å². The second-order valence-electron chi connectivity index (χ2n) is 4.28. The standard InChI is InChI=1S/C13H12N2O3/c1-13(7-14,15-8-16)5-4-10-2-3-11-12(6-10)18-9-17-11/h2-3,6H,4-5,9H2,1H3. The summed E-state index contributed by atoms with van der Waals surface area (Å²) in [6.45, 7) is 1.86. The Labute approximate surface area is 105 Å². The van der Waals surface area contributed by atoms with E-state index < -0.39 is 5.54 Å². The van der Waals surface area contributed by atoms with Crippen molar-refractivity contribution in [3.05, 3.63) is 23.8 Å². The Kier molecular flexibility index (Phi) is 3.31. The summed E-state index contributed by atoms with van der Waals surface area (Å²) in [4.78, 5) is 13.8. The van der Waals surface area contributed by atoms with Gasteiger partial charge in [-0.15, -0.1) is 0 Å². The summed E-state index contributed by atoms with van der Waals surface area (Å²) in [5.74, 6) is 1.44. The van der Waals surface area contributed by atoms with Gasteiger partial charge >= 0.3 is 0 Å². The molecule has 0 aliphatic carbocycles. The lowest BCUT2D eigenvalue weighted by Gasteiger charge is -2.13. The third kappa shape index (κ3) is 2.50. The maximum atomic E-state index is 10.3. The maximum absolute atomic E-state index is 10.3. The monoisotopic (exact) mass is 244 g/mol. The number of aryl methyl sites for hydroxylation is 1. The molecule has 1 atom stereocenters. The molecule has 0 fully saturated rings. The third-order valence-corrected chi connectivity index (χ3v) is 2.87. The van der Waals surface area contributed by atoms with Gasteiger partial charge in [0.1, 0.15) is 0 Å². The minimum Gasteiger partial charge on any atom is -0.454 e. The number of rotatable bonds is 4. The van der Waals surface area contributed by atoms with Crippen LogP contribution in [0.5, 0.6) is 11.5 Å². The zero-order valence-corrected chi connectivity index (χ0v) is 9.97. The van der Waals surface area contributed by atoms with Crippen molar-refractivity contribution in [1.82, 2.24) is 0 Å². The van der Waals surface area contributed by atoms with Crippen LogP contribution in [0.2, 0.25) is 0 Å². The Hall–Kier alpha value is -2.31. The highest BCUT2D eigenvalue weighted by atomic mass is 16.7. The Balaban J connectivity index is 2.07. The smallest absolute Gasteiger partial charge is 0.236 e. The first-order valence-corrected chi connectivity index (χ1v) is 5.56. The highest BCUT2D eigenvalue weighted by Crippen LogP contribution is 2.33. The molecule has 0 saturated carbocycles. The average Bonchev–Trinajstić information content (AvgIpc) is 2.84. The molecule has 18 heavy (non-hydrogen) atoms. The first kappa shape index (κ1) is 12.2. The van der Waals surface area contributed by atoms with Gasteiger partial charge in [-0.25, -0.2) is 4.79 Å². The summed E-state index contributed by atoms with van der Waals surface area (Å²) in [6, 6.07) is 7.65. The Bertz CT molecular complexity index is 544. The topological polar surface area (TPSA) is 71.7 Å². The number of benzene rings is 1. The van der Waals surface area contributed by atoms with Crippen molar-refractivity contribution in [3.8, 4) is 17.6 Å². The van der Waals surface area contributed by atoms with E-state index in [1.165, 1.54) is 6.08 Å². The maximum Gasteiger partial charge on any atom is 0.236 e. The van der Waals surface area contributed by atoms with Crippen molar-refractivity contribution in [2.24, 2.45) is 4.99 Å². The molecule has 2 rings (SSSR count). The number of fused-ring (bicyclic) bond motifs is 1. The van der Waals surface area contributed by atoms with Gasteiger partial charge in [0, 0.05) is 0 Å². The van der Waals surface area contributed by atoms with Gasteiger partial charge in [-0.2, -0.15) is 10.3 Å². The molecule has 5 nitrogen and oxygen atoms in total. The molecule has 92 valence electrons. The molecular weight excluding hydrogens is 232 g/mol. The highest BCUT2D eigenvalue weighted by molar-refractivity contribution is 5.44. The molecule has 0 bridgehead atoms. The molecule has 0 amide bonds. The molecule has 1 aromatic rings. The summed E-state index contributed by atoms with van der Waals surface area (Å²) in [5, 5.41) is 8.98. The van der Waals surface area contributed by atoms with Gasteiger partial charge in [0.2, 0.25) is 12.9 Å². The molecule has 1 unspecified atom stereocenters. The van der Waals surface area contributed by atoms with Crippen LogP contribution in [0.25, 0.3) is 0 Å². The van der Waals surface area contributed by atoms with Crippen molar-refractivity contribution in [3.63, 3.8) is 0 Å². The Morgan fingerprint density at radius 3 is 2.94 bits per heavy atom. The van der Waals surface area contributed by atoms with Gasteiger partial charge in [-0.1, -0.05) is 6.07 Å². The predicted molar refractivity (Wildman–Crippen MR) is 63.0 cm³/mol. The lowest BCUT2D eigenvalue weighted by molar-refractivity contribution is 0.174. The normalized spacial score (nSPS) is 15.3. The largest absolute Gasteiger partial charge is 0.454 e. The zero-order chi connectivity index (χ0) is 13.0. The molecule has 1 aliphatic rings. The molecule has 0 saturated heterocycles. The molecular formula is C13H12N2O3. The van der Waals surface area contributed by atoms with Crippen LogP contribution >= 0.6 is 0 Å². The SMILES string of the molecule is CC(C#N)(CCc1ccc2c(c1)OCO2)N=C=O. The van der Waals surface area contributed by atoms with Crippen LogP contribution in [0, 0.1) is 11.3 Å². The van der Waals surface area contributed by atoms with E-state index in [2.05, 4.69) is 4.99 Å². The number of hydrogen-bond acceptors (Lipinski definition) is 5.